The second-order valence-electron chi connectivity index (χ2n) is 2.46. The van der Waals surface area contributed by atoms with Crippen molar-refractivity contribution >= 4 is 0 Å². The fourth-order valence-corrected chi connectivity index (χ4v) is 1.02. The van der Waals surface area contributed by atoms with Crippen LogP contribution in [0.4, 0.5) is 13.2 Å². The summed E-state index contributed by atoms with van der Waals surface area (Å²) in [7, 11) is 1.21. The van der Waals surface area contributed by atoms with E-state index in [4.69, 9.17) is 0 Å². The Labute approximate surface area is 73.4 Å². The summed E-state index contributed by atoms with van der Waals surface area (Å²) >= 11 is 0. The monoisotopic (exact) mass is 191 g/mol. The number of nitrogens with zero attached hydrogens (tertiary/aromatic N) is 1. The summed E-state index contributed by atoms with van der Waals surface area (Å²) in [5.74, 6) is -1.10. The second-order valence-corrected chi connectivity index (χ2v) is 2.46. The largest absolute Gasteiger partial charge is 0.492 e. The van der Waals surface area contributed by atoms with Gasteiger partial charge in [0.25, 0.3) is 12.4 Å². The molecule has 1 heterocycles. The number of pyridine rings is 1. The molecule has 0 aliphatic heterocycles. The van der Waals surface area contributed by atoms with E-state index in [0.717, 1.165) is 6.20 Å². The summed E-state index contributed by atoms with van der Waals surface area (Å²) in [5, 5.41) is 0. The van der Waals surface area contributed by atoms with Gasteiger partial charge in [-0.1, -0.05) is 0 Å². The molecule has 0 atom stereocenters. The highest BCUT2D eigenvalue weighted by atomic mass is 19.3. The van der Waals surface area contributed by atoms with Gasteiger partial charge in [-0.05, 0) is 6.92 Å². The number of aromatic nitrogens is 1. The van der Waals surface area contributed by atoms with E-state index >= 15 is 0 Å². The Kier molecular flexibility index (Phi) is 2.75. The lowest BCUT2D eigenvalue weighted by molar-refractivity contribution is 0.149. The van der Waals surface area contributed by atoms with Crippen molar-refractivity contribution in [1.29, 1.82) is 0 Å². The molecule has 72 valence electrons. The number of hydrogen-bond acceptors (Lipinski definition) is 2. The van der Waals surface area contributed by atoms with Gasteiger partial charge < -0.3 is 4.74 Å². The summed E-state index contributed by atoms with van der Waals surface area (Å²) in [6.45, 7) is 1.37. The molecule has 0 radical (unpaired) electrons. The standard InChI is InChI=1S/C8H8F3NO/c1-4-5(7(9)10)3-12-8(11)6(4)13-2/h3,7H,1-2H3. The van der Waals surface area contributed by atoms with Crippen LogP contribution in [0.5, 0.6) is 5.75 Å². The molecule has 1 aromatic heterocycles. The van der Waals surface area contributed by atoms with Crippen LogP contribution in [0, 0.1) is 12.9 Å². The molecule has 0 spiro atoms. The van der Waals surface area contributed by atoms with Gasteiger partial charge in [0, 0.05) is 17.3 Å². The minimum atomic E-state index is -2.66. The third kappa shape index (κ3) is 1.74. The number of methoxy groups -OCH3 is 1. The third-order valence-electron chi connectivity index (χ3n) is 1.72. The van der Waals surface area contributed by atoms with Crippen LogP contribution in [-0.4, -0.2) is 12.1 Å². The maximum atomic E-state index is 12.8. The molecule has 0 bridgehead atoms. The maximum absolute atomic E-state index is 12.8. The van der Waals surface area contributed by atoms with Gasteiger partial charge in [-0.25, -0.2) is 13.8 Å². The number of alkyl halides is 2. The highest BCUT2D eigenvalue weighted by Gasteiger charge is 2.17. The molecule has 13 heavy (non-hydrogen) atoms. The number of hydrogen-bond donors (Lipinski definition) is 0. The summed E-state index contributed by atoms with van der Waals surface area (Å²) in [4.78, 5) is 3.16. The predicted molar refractivity (Wildman–Crippen MR) is 40.4 cm³/mol. The lowest BCUT2D eigenvalue weighted by Crippen LogP contribution is -1.99. The number of rotatable bonds is 2. The molecule has 0 saturated carbocycles. The van der Waals surface area contributed by atoms with Gasteiger partial charge in [0.1, 0.15) is 0 Å². The Morgan fingerprint density at radius 2 is 2.08 bits per heavy atom. The second kappa shape index (κ2) is 3.64. The topological polar surface area (TPSA) is 22.1 Å². The first-order valence-corrected chi connectivity index (χ1v) is 3.55. The van der Waals surface area contributed by atoms with Gasteiger partial charge in [0.05, 0.1) is 7.11 Å². The molecular formula is C8H8F3NO. The van der Waals surface area contributed by atoms with Gasteiger partial charge in [-0.2, -0.15) is 4.39 Å². The van der Waals surface area contributed by atoms with Crippen molar-refractivity contribution < 1.29 is 17.9 Å². The van der Waals surface area contributed by atoms with Gasteiger partial charge >= 0.3 is 0 Å². The first-order chi connectivity index (χ1) is 6.07. The number of halogens is 3. The molecule has 0 unspecified atom stereocenters. The molecule has 1 aromatic rings. The molecule has 2 nitrogen and oxygen atoms in total. The molecule has 0 amide bonds. The van der Waals surface area contributed by atoms with Crippen LogP contribution >= 0.6 is 0 Å². The zero-order chi connectivity index (χ0) is 10.0. The van der Waals surface area contributed by atoms with Gasteiger partial charge in [0.2, 0.25) is 0 Å². The lowest BCUT2D eigenvalue weighted by Gasteiger charge is -2.09. The zero-order valence-corrected chi connectivity index (χ0v) is 7.14. The molecule has 1 rings (SSSR count). The van der Waals surface area contributed by atoms with Crippen LogP contribution in [0.1, 0.15) is 17.6 Å². The molecule has 5 heteroatoms. The first-order valence-electron chi connectivity index (χ1n) is 3.55. The molecule has 0 saturated heterocycles. The molecule has 0 N–H and O–H groups in total. The third-order valence-corrected chi connectivity index (χ3v) is 1.72. The van der Waals surface area contributed by atoms with E-state index in [1.807, 2.05) is 0 Å². The van der Waals surface area contributed by atoms with Crippen molar-refractivity contribution in [1.82, 2.24) is 4.98 Å². The van der Waals surface area contributed by atoms with E-state index in [9.17, 15) is 13.2 Å². The fraction of sp³-hybridized carbons (Fsp3) is 0.375. The summed E-state index contributed by atoms with van der Waals surface area (Å²) in [6.07, 6.45) is -1.85. The predicted octanol–water partition coefficient (Wildman–Crippen LogP) is 2.48. The summed E-state index contributed by atoms with van der Waals surface area (Å²) < 4.78 is 41.9. The van der Waals surface area contributed by atoms with E-state index in [0.29, 0.717) is 0 Å². The van der Waals surface area contributed by atoms with Gasteiger partial charge in [-0.3, -0.25) is 0 Å². The Morgan fingerprint density at radius 3 is 2.54 bits per heavy atom. The molecule has 0 fully saturated rings. The highest BCUT2D eigenvalue weighted by Crippen LogP contribution is 2.29. The van der Waals surface area contributed by atoms with Gasteiger partial charge in [-0.15, -0.1) is 0 Å². The quantitative estimate of drug-likeness (QED) is 0.670. The van der Waals surface area contributed by atoms with Crippen molar-refractivity contribution in [2.75, 3.05) is 7.11 Å². The van der Waals surface area contributed by atoms with Crippen molar-refractivity contribution in [2.45, 2.75) is 13.3 Å². The summed E-state index contributed by atoms with van der Waals surface area (Å²) in [5.41, 5.74) is -0.219. The summed E-state index contributed by atoms with van der Waals surface area (Å²) in [6, 6.07) is 0. The molecule has 0 aromatic carbocycles. The van der Waals surface area contributed by atoms with Crippen LogP contribution in [-0.2, 0) is 0 Å². The Balaban J connectivity index is 3.27. The van der Waals surface area contributed by atoms with Crippen LogP contribution in [0.3, 0.4) is 0 Å². The van der Waals surface area contributed by atoms with E-state index < -0.39 is 12.4 Å². The van der Waals surface area contributed by atoms with Crippen molar-refractivity contribution in [3.05, 3.63) is 23.3 Å². The highest BCUT2D eigenvalue weighted by molar-refractivity contribution is 5.37. The molecule has 0 aliphatic rings. The normalized spacial score (nSPS) is 10.6. The van der Waals surface area contributed by atoms with Crippen LogP contribution in [0.2, 0.25) is 0 Å². The molecule has 0 aliphatic carbocycles. The smallest absolute Gasteiger partial charge is 0.265 e. The van der Waals surface area contributed by atoms with Crippen molar-refractivity contribution in [2.24, 2.45) is 0 Å². The van der Waals surface area contributed by atoms with Crippen LogP contribution < -0.4 is 4.74 Å². The minimum Gasteiger partial charge on any atom is -0.492 e. The molecular weight excluding hydrogens is 183 g/mol. The van der Waals surface area contributed by atoms with Gasteiger partial charge in [0.15, 0.2) is 5.75 Å². The lowest BCUT2D eigenvalue weighted by atomic mass is 10.1. The Hall–Kier alpha value is -1.26. The van der Waals surface area contributed by atoms with Crippen LogP contribution in [0.25, 0.3) is 0 Å². The SMILES string of the molecule is COc1c(F)ncc(C(F)F)c1C. The van der Waals surface area contributed by atoms with E-state index in [1.54, 1.807) is 0 Å². The van der Waals surface area contributed by atoms with E-state index in [1.165, 1.54) is 14.0 Å². The minimum absolute atomic E-state index is 0.0880. The van der Waals surface area contributed by atoms with E-state index in [2.05, 4.69) is 9.72 Å². The average molecular weight is 191 g/mol. The fourth-order valence-electron chi connectivity index (χ4n) is 1.02. The van der Waals surface area contributed by atoms with E-state index in [-0.39, 0.29) is 16.9 Å². The van der Waals surface area contributed by atoms with Crippen molar-refractivity contribution in [3.8, 4) is 5.75 Å². The number of ether oxygens (including phenoxy) is 1. The first kappa shape index (κ1) is 9.83. The Morgan fingerprint density at radius 1 is 1.46 bits per heavy atom. The average Bonchev–Trinajstić information content (AvgIpc) is 2.04. The zero-order valence-electron chi connectivity index (χ0n) is 7.14. The Bertz CT molecular complexity index is 315. The van der Waals surface area contributed by atoms with Crippen molar-refractivity contribution in [3.63, 3.8) is 0 Å². The van der Waals surface area contributed by atoms with Crippen LogP contribution in [0.15, 0.2) is 6.20 Å². The maximum Gasteiger partial charge on any atom is 0.265 e.